The van der Waals surface area contributed by atoms with Crippen LogP contribution in [0.15, 0.2) is 40.1 Å². The lowest BCUT2D eigenvalue weighted by molar-refractivity contribution is -0.206. The maximum absolute atomic E-state index is 13.7. The molecule has 226 valence electrons. The molecular formula is C21H22F3N9O6S3. The minimum atomic E-state index is -5.26. The molecule has 4 rings (SSSR count). The van der Waals surface area contributed by atoms with Crippen LogP contribution in [0, 0.1) is 0 Å². The van der Waals surface area contributed by atoms with Crippen molar-refractivity contribution in [1.29, 1.82) is 0 Å². The minimum absolute atomic E-state index is 0.157. The first kappa shape index (κ1) is 31.2. The van der Waals surface area contributed by atoms with Crippen molar-refractivity contribution in [3.63, 3.8) is 0 Å². The number of halogens is 3. The third-order valence-electron chi connectivity index (χ3n) is 5.91. The van der Waals surface area contributed by atoms with Crippen molar-refractivity contribution < 1.29 is 39.5 Å². The maximum Gasteiger partial charge on any atom is 0.490 e. The zero-order valence-corrected chi connectivity index (χ0v) is 24.0. The Bertz CT molecular complexity index is 1850. The highest BCUT2D eigenvalue weighted by Crippen LogP contribution is 2.42. The number of nitrogens with one attached hydrogen (secondary N) is 2. The molecule has 0 saturated heterocycles. The van der Waals surface area contributed by atoms with Gasteiger partial charge in [0.15, 0.2) is 17.2 Å². The van der Waals surface area contributed by atoms with E-state index in [-0.39, 0.29) is 22.1 Å². The number of aromatic nitrogens is 5. The summed E-state index contributed by atoms with van der Waals surface area (Å²) in [4.78, 5) is 13.9. The second-order valence-electron chi connectivity index (χ2n) is 8.61. The zero-order valence-electron chi connectivity index (χ0n) is 21.6. The Kier molecular flexibility index (Phi) is 8.53. The molecule has 2 heterocycles. The van der Waals surface area contributed by atoms with E-state index >= 15 is 0 Å². The Morgan fingerprint density at radius 3 is 2.50 bits per heavy atom. The number of fused-ring (bicyclic) bond motifs is 1. The molecule has 15 nitrogen and oxygen atoms in total. The fraction of sp³-hybridized carbons (Fsp3) is 0.286. The number of primary sulfonamides is 1. The van der Waals surface area contributed by atoms with Gasteiger partial charge in [-0.2, -0.15) is 13.2 Å². The maximum atomic E-state index is 13.7. The lowest BCUT2D eigenvalue weighted by atomic mass is 9.98. The molecule has 0 radical (unpaired) electrons. The summed E-state index contributed by atoms with van der Waals surface area (Å²) in [6.07, 6.45) is -7.21. The number of nitrogens with two attached hydrogens (primary N) is 2. The van der Waals surface area contributed by atoms with Crippen LogP contribution in [-0.2, 0) is 29.6 Å². The highest BCUT2D eigenvalue weighted by Gasteiger charge is 2.42. The lowest BCUT2D eigenvalue weighted by Crippen LogP contribution is -2.39. The quantitative estimate of drug-likeness (QED) is 0.139. The molecule has 2 aromatic heterocycles. The molecular weight excluding hydrogens is 627 g/mol. The van der Waals surface area contributed by atoms with Crippen LogP contribution in [0.25, 0.3) is 32.7 Å². The summed E-state index contributed by atoms with van der Waals surface area (Å²) in [6, 6.07) is 7.34. The first-order valence-corrected chi connectivity index (χ1v) is 15.4. The summed E-state index contributed by atoms with van der Waals surface area (Å²) in [5.74, 6) is -2.70. The summed E-state index contributed by atoms with van der Waals surface area (Å²) in [5.41, 5.74) is 6.52. The Balaban J connectivity index is 1.84. The first-order valence-electron chi connectivity index (χ1n) is 11.6. The number of benzene rings is 2. The summed E-state index contributed by atoms with van der Waals surface area (Å²) in [6.45, 7) is -0.499. The van der Waals surface area contributed by atoms with Crippen molar-refractivity contribution in [2.24, 2.45) is 5.14 Å². The van der Waals surface area contributed by atoms with Gasteiger partial charge in [0.1, 0.15) is 9.79 Å². The third kappa shape index (κ3) is 6.19. The second-order valence-corrected chi connectivity index (χ2v) is 13.2. The molecule has 1 atom stereocenters. The topological polar surface area (TPSA) is 229 Å². The molecule has 0 amide bonds. The number of carbonyl (C=O) groups excluding carboxylic acids is 1. The van der Waals surface area contributed by atoms with Gasteiger partial charge in [-0.1, -0.05) is 29.5 Å². The second kappa shape index (κ2) is 11.5. The average molecular weight is 650 g/mol. The number of esters is 1. The molecule has 0 spiro atoms. The van der Waals surface area contributed by atoms with E-state index in [1.807, 2.05) is 0 Å². The molecule has 0 aliphatic heterocycles. The first-order chi connectivity index (χ1) is 19.6. The number of aromatic amines is 1. The number of carbonyl (C=O) groups is 1. The fourth-order valence-corrected chi connectivity index (χ4v) is 7.53. The van der Waals surface area contributed by atoms with E-state index in [2.05, 4.69) is 35.7 Å². The highest BCUT2D eigenvalue weighted by molar-refractivity contribution is 7.92. The monoisotopic (exact) mass is 649 g/mol. The predicted molar refractivity (Wildman–Crippen MR) is 143 cm³/mol. The summed E-state index contributed by atoms with van der Waals surface area (Å²) in [7, 11) is -7.26. The Labute approximate surface area is 240 Å². The van der Waals surface area contributed by atoms with E-state index in [0.29, 0.717) is 20.1 Å². The fourth-order valence-electron chi connectivity index (χ4n) is 4.00. The number of nitrogens with zero attached hydrogens (tertiary/aromatic N) is 5. The van der Waals surface area contributed by atoms with E-state index in [0.717, 1.165) is 13.1 Å². The number of para-hydroxylation sites is 1. The van der Waals surface area contributed by atoms with Gasteiger partial charge >= 0.3 is 12.1 Å². The number of H-pyrrole nitrogens is 1. The number of hydrogen-bond donors (Lipinski definition) is 4. The van der Waals surface area contributed by atoms with Crippen molar-refractivity contribution in [1.82, 2.24) is 35.2 Å². The molecule has 1 unspecified atom stereocenters. The number of sulfonamides is 2. The lowest BCUT2D eigenvalue weighted by Gasteiger charge is -2.23. The number of thiazole rings is 1. The van der Waals surface area contributed by atoms with Gasteiger partial charge in [0.25, 0.3) is 0 Å². The summed E-state index contributed by atoms with van der Waals surface area (Å²) < 4.78 is 96.9. The van der Waals surface area contributed by atoms with Crippen molar-refractivity contribution in [3.05, 3.63) is 30.3 Å². The Morgan fingerprint density at radius 2 is 1.90 bits per heavy atom. The molecule has 0 aliphatic carbocycles. The SMILES string of the molecule is CNC(CCN(C)S(=O)(=O)c1ccc(-c2cccc3sc(N)nc23)c(-c2nnn[nH]2)c1S(N)(=O)=O)OC(=O)C(F)(F)F. The summed E-state index contributed by atoms with van der Waals surface area (Å²) >= 11 is 1.17. The molecule has 0 aliphatic rings. The van der Waals surface area contributed by atoms with Crippen LogP contribution in [-0.4, -0.2) is 85.8 Å². The van der Waals surface area contributed by atoms with Crippen LogP contribution in [0.1, 0.15) is 6.42 Å². The molecule has 42 heavy (non-hydrogen) atoms. The number of nitrogen functional groups attached to an aromatic ring is 1. The van der Waals surface area contributed by atoms with Crippen LogP contribution in [0.4, 0.5) is 18.3 Å². The number of tetrazole rings is 1. The number of anilines is 1. The molecule has 2 aromatic carbocycles. The van der Waals surface area contributed by atoms with Crippen LogP contribution < -0.4 is 16.2 Å². The Hall–Kier alpha value is -3.76. The number of ether oxygens (including phenoxy) is 1. The average Bonchev–Trinajstić information content (AvgIpc) is 3.57. The molecule has 0 bridgehead atoms. The van der Waals surface area contributed by atoms with Crippen LogP contribution >= 0.6 is 11.3 Å². The van der Waals surface area contributed by atoms with E-state index in [1.54, 1.807) is 18.2 Å². The van der Waals surface area contributed by atoms with Crippen LogP contribution in [0.5, 0.6) is 0 Å². The van der Waals surface area contributed by atoms with Gasteiger partial charge in [-0.25, -0.2) is 41.2 Å². The van der Waals surface area contributed by atoms with E-state index in [1.165, 1.54) is 24.5 Å². The molecule has 0 saturated carbocycles. The molecule has 21 heteroatoms. The largest absolute Gasteiger partial charge is 0.490 e. The molecule has 0 fully saturated rings. The molecule has 6 N–H and O–H groups in total. The normalized spacial score (nSPS) is 13.5. The smallest absolute Gasteiger partial charge is 0.440 e. The van der Waals surface area contributed by atoms with Crippen molar-refractivity contribution in [2.75, 3.05) is 26.4 Å². The summed E-state index contributed by atoms with van der Waals surface area (Å²) in [5, 5.41) is 21.3. The Morgan fingerprint density at radius 1 is 1.19 bits per heavy atom. The van der Waals surface area contributed by atoms with Crippen molar-refractivity contribution >= 4 is 52.7 Å². The van der Waals surface area contributed by atoms with Crippen LogP contribution in [0.3, 0.4) is 0 Å². The van der Waals surface area contributed by atoms with Gasteiger partial charge < -0.3 is 10.5 Å². The van der Waals surface area contributed by atoms with Crippen molar-refractivity contribution in [2.45, 2.75) is 28.6 Å². The van der Waals surface area contributed by atoms with Crippen LogP contribution in [0.2, 0.25) is 0 Å². The van der Waals surface area contributed by atoms with E-state index < -0.39 is 61.2 Å². The van der Waals surface area contributed by atoms with Gasteiger partial charge in [0, 0.05) is 25.6 Å². The highest BCUT2D eigenvalue weighted by atomic mass is 32.2. The van der Waals surface area contributed by atoms with Gasteiger partial charge in [-0.15, -0.1) is 5.10 Å². The van der Waals surface area contributed by atoms with E-state index in [9.17, 15) is 34.8 Å². The van der Waals surface area contributed by atoms with Gasteiger partial charge in [0.05, 0.1) is 15.8 Å². The van der Waals surface area contributed by atoms with Crippen molar-refractivity contribution in [3.8, 4) is 22.5 Å². The minimum Gasteiger partial charge on any atom is -0.440 e. The molecule has 4 aromatic rings. The van der Waals surface area contributed by atoms with Gasteiger partial charge in [-0.05, 0) is 35.2 Å². The van der Waals surface area contributed by atoms with E-state index in [4.69, 9.17) is 10.9 Å². The zero-order chi connectivity index (χ0) is 31.0. The number of hydrogen-bond acceptors (Lipinski definition) is 13. The van der Waals surface area contributed by atoms with Gasteiger partial charge in [0.2, 0.25) is 20.0 Å². The third-order valence-corrected chi connectivity index (χ3v) is 9.78. The number of rotatable bonds is 10. The standard InChI is InChI=1S/C21H22F3N9O6S3/c1-27-14(39-19(34)21(22,23)24)8-9-33(2)42(37,38)13-7-6-10(11-4-3-5-12-16(11)28-20(25)40-12)15(17(13)41(26,35)36)18-29-31-32-30-18/h3-7,14,27H,8-9H2,1-2H3,(H2,25,28)(H2,26,35,36)(H,29,30,31,32). The predicted octanol–water partition coefficient (Wildman–Crippen LogP) is 1.03. The van der Waals surface area contributed by atoms with Gasteiger partial charge in [-0.3, -0.25) is 5.32 Å². The number of alkyl halides is 3.